The summed E-state index contributed by atoms with van der Waals surface area (Å²) >= 11 is 0. The first kappa shape index (κ1) is 14.4. The number of aliphatic hydroxyl groups excluding tert-OH is 1. The van der Waals surface area contributed by atoms with Crippen molar-refractivity contribution in [1.82, 2.24) is 0 Å². The summed E-state index contributed by atoms with van der Waals surface area (Å²) in [5, 5.41) is 24.1. The van der Waals surface area contributed by atoms with Crippen LogP contribution in [0.1, 0.15) is 37.8 Å². The number of aliphatic hydroxyl groups is 1. The SMILES string of the molecule is CC.N=C(OC(=N)C1CC1)c1ccc(CO)cc1. The van der Waals surface area contributed by atoms with Gasteiger partial charge in [-0.15, -0.1) is 0 Å². The molecule has 0 aromatic heterocycles. The molecule has 98 valence electrons. The molecule has 1 fully saturated rings. The van der Waals surface area contributed by atoms with Crippen LogP contribution in [0.4, 0.5) is 0 Å². The molecular formula is C14H20N2O2. The Morgan fingerprint density at radius 3 is 2.22 bits per heavy atom. The molecule has 1 aromatic carbocycles. The second-order valence-electron chi connectivity index (χ2n) is 3.92. The van der Waals surface area contributed by atoms with Crippen molar-refractivity contribution >= 4 is 11.8 Å². The van der Waals surface area contributed by atoms with Crippen molar-refractivity contribution < 1.29 is 9.84 Å². The molecule has 0 heterocycles. The molecule has 0 bridgehead atoms. The van der Waals surface area contributed by atoms with E-state index in [4.69, 9.17) is 20.7 Å². The van der Waals surface area contributed by atoms with Gasteiger partial charge in [-0.05, 0) is 30.5 Å². The van der Waals surface area contributed by atoms with Gasteiger partial charge in [0.25, 0.3) is 0 Å². The Hall–Kier alpha value is -1.68. The van der Waals surface area contributed by atoms with E-state index in [0.29, 0.717) is 5.56 Å². The molecule has 1 aliphatic carbocycles. The maximum Gasteiger partial charge on any atom is 0.220 e. The lowest BCUT2D eigenvalue weighted by atomic mass is 10.1. The third-order valence-electron chi connectivity index (χ3n) is 2.56. The number of hydrogen-bond donors (Lipinski definition) is 3. The highest BCUT2D eigenvalue weighted by molar-refractivity contribution is 6.00. The fraction of sp³-hybridized carbons (Fsp3) is 0.429. The predicted octanol–water partition coefficient (Wildman–Crippen LogP) is 2.93. The van der Waals surface area contributed by atoms with E-state index in [1.807, 2.05) is 13.8 Å². The standard InChI is InChI=1S/C12H14N2O2.C2H6/c13-11(16-12(14)10-5-6-10)9-3-1-8(7-15)2-4-9;1-2/h1-4,10,13-15H,5-7H2;1-2H3. The Morgan fingerprint density at radius 2 is 1.78 bits per heavy atom. The summed E-state index contributed by atoms with van der Waals surface area (Å²) in [5.74, 6) is 0.412. The lowest BCUT2D eigenvalue weighted by Crippen LogP contribution is -2.13. The summed E-state index contributed by atoms with van der Waals surface area (Å²) in [6, 6.07) is 6.92. The van der Waals surface area contributed by atoms with Crippen LogP contribution in [0.15, 0.2) is 24.3 Å². The first-order valence-electron chi connectivity index (χ1n) is 6.25. The van der Waals surface area contributed by atoms with E-state index in [9.17, 15) is 0 Å². The molecule has 0 unspecified atom stereocenters. The Balaban J connectivity index is 0.000000771. The van der Waals surface area contributed by atoms with Gasteiger partial charge in [-0.2, -0.15) is 0 Å². The fourth-order valence-electron chi connectivity index (χ4n) is 1.36. The van der Waals surface area contributed by atoms with Gasteiger partial charge in [0.15, 0.2) is 5.90 Å². The number of benzene rings is 1. The van der Waals surface area contributed by atoms with Crippen LogP contribution in [0.3, 0.4) is 0 Å². The highest BCUT2D eigenvalue weighted by Crippen LogP contribution is 2.30. The Labute approximate surface area is 108 Å². The van der Waals surface area contributed by atoms with Gasteiger partial charge in [0, 0.05) is 11.5 Å². The summed E-state index contributed by atoms with van der Waals surface area (Å²) in [5.41, 5.74) is 1.43. The third kappa shape index (κ3) is 3.96. The molecular weight excluding hydrogens is 228 g/mol. The minimum atomic E-state index is -0.00758. The van der Waals surface area contributed by atoms with Crippen LogP contribution in [0, 0.1) is 16.7 Å². The van der Waals surface area contributed by atoms with Gasteiger partial charge < -0.3 is 9.84 Å². The minimum absolute atomic E-state index is 0.00129. The molecule has 1 saturated carbocycles. The highest BCUT2D eigenvalue weighted by Gasteiger charge is 2.29. The van der Waals surface area contributed by atoms with Crippen LogP contribution >= 0.6 is 0 Å². The van der Waals surface area contributed by atoms with Crippen molar-refractivity contribution in [2.24, 2.45) is 5.92 Å². The lowest BCUT2D eigenvalue weighted by molar-refractivity contribution is 0.282. The molecule has 2 rings (SSSR count). The monoisotopic (exact) mass is 248 g/mol. The van der Waals surface area contributed by atoms with Crippen molar-refractivity contribution in [3.63, 3.8) is 0 Å². The van der Waals surface area contributed by atoms with Gasteiger partial charge in [0.1, 0.15) is 0 Å². The van der Waals surface area contributed by atoms with Crippen LogP contribution < -0.4 is 0 Å². The largest absolute Gasteiger partial charge is 0.425 e. The smallest absolute Gasteiger partial charge is 0.220 e. The number of nitrogens with one attached hydrogen (secondary N) is 2. The first-order valence-corrected chi connectivity index (χ1v) is 6.25. The second-order valence-corrected chi connectivity index (χ2v) is 3.92. The predicted molar refractivity (Wildman–Crippen MR) is 72.1 cm³/mol. The Bertz CT molecular complexity index is 408. The van der Waals surface area contributed by atoms with Crippen LogP contribution in [0.25, 0.3) is 0 Å². The molecule has 0 radical (unpaired) electrons. The van der Waals surface area contributed by atoms with E-state index < -0.39 is 0 Å². The normalized spacial score (nSPS) is 13.3. The van der Waals surface area contributed by atoms with Crippen molar-refractivity contribution in [2.45, 2.75) is 33.3 Å². The summed E-state index contributed by atoms with van der Waals surface area (Å²) in [6.07, 6.45) is 1.99. The molecule has 1 aliphatic rings. The molecule has 0 atom stereocenters. The molecule has 0 saturated heterocycles. The van der Waals surface area contributed by atoms with Crippen molar-refractivity contribution in [3.8, 4) is 0 Å². The zero-order valence-corrected chi connectivity index (χ0v) is 10.9. The topological polar surface area (TPSA) is 77.2 Å². The van der Waals surface area contributed by atoms with Crippen molar-refractivity contribution in [1.29, 1.82) is 10.8 Å². The number of ether oxygens (including phenoxy) is 1. The average Bonchev–Trinajstić information content (AvgIpc) is 3.25. The highest BCUT2D eigenvalue weighted by atomic mass is 16.5. The summed E-state index contributed by atoms with van der Waals surface area (Å²) in [6.45, 7) is 3.99. The lowest BCUT2D eigenvalue weighted by Gasteiger charge is -2.07. The van der Waals surface area contributed by atoms with Gasteiger partial charge >= 0.3 is 0 Å². The van der Waals surface area contributed by atoms with Gasteiger partial charge in [-0.3, -0.25) is 10.8 Å². The zero-order chi connectivity index (χ0) is 13.5. The molecule has 18 heavy (non-hydrogen) atoms. The minimum Gasteiger partial charge on any atom is -0.425 e. The maximum absolute atomic E-state index is 8.87. The number of hydrogen-bond acceptors (Lipinski definition) is 4. The Morgan fingerprint density at radius 1 is 1.22 bits per heavy atom. The van der Waals surface area contributed by atoms with E-state index in [0.717, 1.165) is 18.4 Å². The third-order valence-corrected chi connectivity index (χ3v) is 2.56. The maximum atomic E-state index is 8.87. The van der Waals surface area contributed by atoms with Crippen LogP contribution in [-0.4, -0.2) is 16.9 Å². The number of rotatable bonds is 3. The van der Waals surface area contributed by atoms with Gasteiger partial charge in [0.05, 0.1) is 6.61 Å². The van der Waals surface area contributed by atoms with Gasteiger partial charge in [-0.25, -0.2) is 0 Å². The van der Waals surface area contributed by atoms with Crippen LogP contribution in [0.5, 0.6) is 0 Å². The zero-order valence-electron chi connectivity index (χ0n) is 10.9. The van der Waals surface area contributed by atoms with Crippen molar-refractivity contribution in [2.75, 3.05) is 0 Å². The molecule has 4 heteroatoms. The van der Waals surface area contributed by atoms with Gasteiger partial charge in [-0.1, -0.05) is 26.0 Å². The van der Waals surface area contributed by atoms with E-state index in [-0.39, 0.29) is 24.3 Å². The Kier molecular flexibility index (Phi) is 5.52. The van der Waals surface area contributed by atoms with Crippen molar-refractivity contribution in [3.05, 3.63) is 35.4 Å². The van der Waals surface area contributed by atoms with E-state index in [1.165, 1.54) is 0 Å². The molecule has 3 N–H and O–H groups in total. The van der Waals surface area contributed by atoms with Crippen LogP contribution in [-0.2, 0) is 11.3 Å². The molecule has 0 aliphatic heterocycles. The summed E-state index contributed by atoms with van der Waals surface area (Å²) in [7, 11) is 0. The average molecular weight is 248 g/mol. The first-order chi connectivity index (χ1) is 8.70. The second kappa shape index (κ2) is 6.91. The van der Waals surface area contributed by atoms with E-state index >= 15 is 0 Å². The molecule has 4 nitrogen and oxygen atoms in total. The van der Waals surface area contributed by atoms with Crippen LogP contribution in [0.2, 0.25) is 0 Å². The molecule has 1 aromatic rings. The molecule has 0 spiro atoms. The summed E-state index contributed by atoms with van der Waals surface area (Å²) in [4.78, 5) is 0. The fourth-order valence-corrected chi connectivity index (χ4v) is 1.36. The quantitative estimate of drug-likeness (QED) is 0.568. The molecule has 0 amide bonds. The summed E-state index contributed by atoms with van der Waals surface area (Å²) < 4.78 is 5.14. The van der Waals surface area contributed by atoms with Gasteiger partial charge in [0.2, 0.25) is 5.90 Å². The van der Waals surface area contributed by atoms with E-state index in [2.05, 4.69) is 0 Å². The van der Waals surface area contributed by atoms with E-state index in [1.54, 1.807) is 24.3 Å².